The number of carboxylic acids is 1. The van der Waals surface area contributed by atoms with E-state index in [1.54, 1.807) is 32.9 Å². The van der Waals surface area contributed by atoms with Crippen LogP contribution in [0.5, 0.6) is 0 Å². The molecule has 1 fully saturated rings. The summed E-state index contributed by atoms with van der Waals surface area (Å²) in [6.45, 7) is 5.56. The van der Waals surface area contributed by atoms with E-state index in [1.165, 1.54) is 17.0 Å². The highest BCUT2D eigenvalue weighted by Gasteiger charge is 2.66. The summed E-state index contributed by atoms with van der Waals surface area (Å²) in [7, 11) is 0. The first kappa shape index (κ1) is 14.5. The van der Waals surface area contributed by atoms with Crippen molar-refractivity contribution in [3.8, 4) is 0 Å². The van der Waals surface area contributed by atoms with Gasteiger partial charge in [0.25, 0.3) is 0 Å². The molecule has 0 radical (unpaired) electrons. The van der Waals surface area contributed by atoms with E-state index in [1.807, 2.05) is 0 Å². The van der Waals surface area contributed by atoms with Gasteiger partial charge in [-0.25, -0.2) is 4.39 Å². The second-order valence-electron chi connectivity index (χ2n) is 5.65. The summed E-state index contributed by atoms with van der Waals surface area (Å²) in [5.74, 6) is -3.07. The number of rotatable bonds is 4. The Kier molecular flexibility index (Phi) is 3.54. The van der Waals surface area contributed by atoms with Gasteiger partial charge >= 0.3 is 5.97 Å². The van der Waals surface area contributed by atoms with Gasteiger partial charge < -0.3 is 10.0 Å². The maximum Gasteiger partial charge on any atom is 0.307 e. The molecule has 0 bridgehead atoms. The van der Waals surface area contributed by atoms with Crippen molar-refractivity contribution in [3.05, 3.63) is 30.1 Å². The molecule has 1 N–H and O–H groups in total. The standard InChI is InChI=1S/C15H18FNO3/c1-4-17(10-8-6-5-7-9(10)16)13(18)11-12(14(19)20)15(11,2)3/h5-8,11-12H,4H2,1-3H3,(H,19,20)/t11-,12+/m1/s1. The monoisotopic (exact) mass is 279 g/mol. The molecule has 4 nitrogen and oxygen atoms in total. The van der Waals surface area contributed by atoms with Gasteiger partial charge in [0.15, 0.2) is 0 Å². The highest BCUT2D eigenvalue weighted by Crippen LogP contribution is 2.59. The summed E-state index contributed by atoms with van der Waals surface area (Å²) < 4.78 is 13.8. The molecule has 5 heteroatoms. The summed E-state index contributed by atoms with van der Waals surface area (Å²) in [6.07, 6.45) is 0. The Morgan fingerprint density at radius 3 is 2.35 bits per heavy atom. The lowest BCUT2D eigenvalue weighted by atomic mass is 10.1. The van der Waals surface area contributed by atoms with Crippen LogP contribution in [0.25, 0.3) is 0 Å². The summed E-state index contributed by atoms with van der Waals surface area (Å²) in [5.41, 5.74) is -0.381. The van der Waals surface area contributed by atoms with Gasteiger partial charge in [-0.05, 0) is 24.5 Å². The van der Waals surface area contributed by atoms with E-state index in [0.29, 0.717) is 6.54 Å². The molecule has 1 amide bonds. The Labute approximate surface area is 117 Å². The first-order chi connectivity index (χ1) is 9.32. The molecule has 108 valence electrons. The lowest BCUT2D eigenvalue weighted by Gasteiger charge is -2.22. The quantitative estimate of drug-likeness (QED) is 0.921. The molecule has 2 rings (SSSR count). The molecule has 0 unspecified atom stereocenters. The van der Waals surface area contributed by atoms with Crippen molar-refractivity contribution in [2.45, 2.75) is 20.8 Å². The SMILES string of the molecule is CCN(C(=O)[C@H]1[C@@H](C(=O)O)C1(C)C)c1ccccc1F. The zero-order valence-corrected chi connectivity index (χ0v) is 11.8. The molecule has 2 atom stereocenters. The number of carbonyl (C=O) groups is 2. The zero-order chi connectivity index (χ0) is 15.1. The van der Waals surface area contributed by atoms with Crippen molar-refractivity contribution in [1.29, 1.82) is 0 Å². The number of carbonyl (C=O) groups excluding carboxylic acids is 1. The van der Waals surface area contributed by atoms with E-state index in [4.69, 9.17) is 5.11 Å². The highest BCUT2D eigenvalue weighted by molar-refractivity contribution is 6.01. The number of halogens is 1. The molecule has 1 aromatic rings. The Hall–Kier alpha value is -1.91. The van der Waals surface area contributed by atoms with Crippen LogP contribution in [0.2, 0.25) is 0 Å². The van der Waals surface area contributed by atoms with Gasteiger partial charge in [0.2, 0.25) is 5.91 Å². The smallest absolute Gasteiger partial charge is 0.307 e. The second kappa shape index (κ2) is 4.89. The van der Waals surface area contributed by atoms with Crippen LogP contribution in [0, 0.1) is 23.1 Å². The molecule has 20 heavy (non-hydrogen) atoms. The van der Waals surface area contributed by atoms with Gasteiger partial charge in [-0.15, -0.1) is 0 Å². The third-order valence-corrected chi connectivity index (χ3v) is 4.08. The molecule has 0 heterocycles. The average molecular weight is 279 g/mol. The van der Waals surface area contributed by atoms with Crippen LogP contribution in [0.15, 0.2) is 24.3 Å². The van der Waals surface area contributed by atoms with Gasteiger partial charge in [-0.2, -0.15) is 0 Å². The molecule has 0 saturated heterocycles. The minimum Gasteiger partial charge on any atom is -0.481 e. The van der Waals surface area contributed by atoms with Crippen LogP contribution in [0.3, 0.4) is 0 Å². The fraction of sp³-hybridized carbons (Fsp3) is 0.467. The number of hydrogen-bond acceptors (Lipinski definition) is 2. The molecule has 0 aliphatic heterocycles. The van der Waals surface area contributed by atoms with Gasteiger partial charge in [0.1, 0.15) is 5.82 Å². The van der Waals surface area contributed by atoms with Crippen LogP contribution >= 0.6 is 0 Å². The number of aliphatic carboxylic acids is 1. The van der Waals surface area contributed by atoms with Crippen LogP contribution in [0.1, 0.15) is 20.8 Å². The van der Waals surface area contributed by atoms with Crippen molar-refractivity contribution in [1.82, 2.24) is 0 Å². The van der Waals surface area contributed by atoms with E-state index >= 15 is 0 Å². The molecule has 1 aliphatic rings. The van der Waals surface area contributed by atoms with Crippen LogP contribution in [-0.4, -0.2) is 23.5 Å². The second-order valence-corrected chi connectivity index (χ2v) is 5.65. The summed E-state index contributed by atoms with van der Waals surface area (Å²) in [5, 5.41) is 9.14. The highest BCUT2D eigenvalue weighted by atomic mass is 19.1. The van der Waals surface area contributed by atoms with Crippen LogP contribution in [-0.2, 0) is 9.59 Å². The number of nitrogens with zero attached hydrogens (tertiary/aromatic N) is 1. The number of hydrogen-bond donors (Lipinski definition) is 1. The fourth-order valence-corrected chi connectivity index (χ4v) is 2.84. The van der Waals surface area contributed by atoms with E-state index in [0.717, 1.165) is 0 Å². The number of para-hydroxylation sites is 1. The molecule has 0 spiro atoms. The van der Waals surface area contributed by atoms with Crippen molar-refractivity contribution >= 4 is 17.6 Å². The first-order valence-electron chi connectivity index (χ1n) is 6.61. The predicted octanol–water partition coefficient (Wildman–Crippen LogP) is 2.54. The Bertz CT molecular complexity index is 556. The number of anilines is 1. The normalized spacial score (nSPS) is 23.2. The van der Waals surface area contributed by atoms with Crippen molar-refractivity contribution in [2.24, 2.45) is 17.3 Å². The summed E-state index contributed by atoms with van der Waals surface area (Å²) >= 11 is 0. The number of amides is 1. The number of benzene rings is 1. The van der Waals surface area contributed by atoms with Crippen molar-refractivity contribution in [3.63, 3.8) is 0 Å². The largest absolute Gasteiger partial charge is 0.481 e. The van der Waals surface area contributed by atoms with E-state index in [9.17, 15) is 14.0 Å². The van der Waals surface area contributed by atoms with Gasteiger partial charge in [-0.3, -0.25) is 9.59 Å². The molecule has 0 aromatic heterocycles. The third kappa shape index (κ3) is 2.17. The summed E-state index contributed by atoms with van der Waals surface area (Å²) in [4.78, 5) is 25.0. The Balaban J connectivity index is 2.29. The molecular formula is C15H18FNO3. The lowest BCUT2D eigenvalue weighted by Crippen LogP contribution is -2.34. The number of carboxylic acid groups (broad SMARTS) is 1. The predicted molar refractivity (Wildman–Crippen MR) is 72.8 cm³/mol. The fourth-order valence-electron chi connectivity index (χ4n) is 2.84. The minimum atomic E-state index is -0.974. The minimum absolute atomic E-state index is 0.201. The van der Waals surface area contributed by atoms with E-state index in [-0.39, 0.29) is 11.6 Å². The van der Waals surface area contributed by atoms with Gasteiger partial charge in [-0.1, -0.05) is 26.0 Å². The van der Waals surface area contributed by atoms with Crippen LogP contribution < -0.4 is 4.90 Å². The van der Waals surface area contributed by atoms with Gasteiger partial charge in [0, 0.05) is 6.54 Å². The Morgan fingerprint density at radius 2 is 1.90 bits per heavy atom. The van der Waals surface area contributed by atoms with E-state index in [2.05, 4.69) is 0 Å². The lowest BCUT2D eigenvalue weighted by molar-refractivity contribution is -0.140. The Morgan fingerprint density at radius 1 is 1.30 bits per heavy atom. The average Bonchev–Trinajstić information content (AvgIpc) is 2.95. The third-order valence-electron chi connectivity index (χ3n) is 4.08. The zero-order valence-electron chi connectivity index (χ0n) is 11.8. The van der Waals surface area contributed by atoms with Gasteiger partial charge in [0.05, 0.1) is 17.5 Å². The van der Waals surface area contributed by atoms with Crippen molar-refractivity contribution < 1.29 is 19.1 Å². The van der Waals surface area contributed by atoms with Crippen LogP contribution in [0.4, 0.5) is 10.1 Å². The maximum absolute atomic E-state index is 13.8. The molecule has 1 aromatic carbocycles. The first-order valence-corrected chi connectivity index (χ1v) is 6.61. The molecule has 1 saturated carbocycles. The topological polar surface area (TPSA) is 57.6 Å². The molecular weight excluding hydrogens is 261 g/mol. The van der Waals surface area contributed by atoms with Crippen molar-refractivity contribution in [2.75, 3.05) is 11.4 Å². The molecule has 1 aliphatic carbocycles. The maximum atomic E-state index is 13.8. The van der Waals surface area contributed by atoms with E-state index < -0.39 is 29.0 Å². The summed E-state index contributed by atoms with van der Waals surface area (Å²) in [6, 6.07) is 6.03.